The van der Waals surface area contributed by atoms with Crippen molar-refractivity contribution in [2.45, 2.75) is 41.5 Å². The molecule has 12 rings (SSSR count). The average molecular weight is 1170 g/mol. The number of benzene rings is 9. The Balaban J connectivity index is 0.000000138. The molecule has 375 valence electrons. The van der Waals surface area contributed by atoms with E-state index in [0.29, 0.717) is 0 Å². The van der Waals surface area contributed by atoms with Gasteiger partial charge in [-0.25, -0.2) is 15.0 Å². The molecule has 0 amide bonds. The van der Waals surface area contributed by atoms with E-state index in [-0.39, 0.29) is 20.1 Å². The normalized spacial score (nSPS) is 10.7. The summed E-state index contributed by atoms with van der Waals surface area (Å²) >= 11 is 0. The van der Waals surface area contributed by atoms with Crippen molar-refractivity contribution in [3.63, 3.8) is 0 Å². The van der Waals surface area contributed by atoms with E-state index in [0.717, 1.165) is 34.2 Å². The minimum Gasteiger partial charge on any atom is -0.299 e. The van der Waals surface area contributed by atoms with Gasteiger partial charge in [0.25, 0.3) is 0 Å². The molecule has 0 aliphatic heterocycles. The van der Waals surface area contributed by atoms with Crippen molar-refractivity contribution in [1.29, 1.82) is 0 Å². The second kappa shape index (κ2) is 24.1. The third-order valence-corrected chi connectivity index (χ3v) is 13.5. The van der Waals surface area contributed by atoms with E-state index in [4.69, 9.17) is 0 Å². The Morgan fingerprint density at radius 2 is 0.421 bits per heavy atom. The van der Waals surface area contributed by atoms with E-state index in [9.17, 15) is 0 Å². The van der Waals surface area contributed by atoms with Gasteiger partial charge >= 0.3 is 0 Å². The average Bonchev–Trinajstić information content (AvgIpc) is 4.26. The summed E-state index contributed by atoms with van der Waals surface area (Å²) in [6.45, 7) is 13.0. The molecule has 9 aromatic carbocycles. The Hall–Kier alpha value is -8.74. The first-order valence-corrected chi connectivity index (χ1v) is 25.5. The van der Waals surface area contributed by atoms with E-state index in [1.54, 1.807) is 0 Å². The molecular weight excluding hydrogens is 1110 g/mol. The first kappa shape index (κ1) is 52.1. The molecule has 6 nitrogen and oxygen atoms in total. The molecule has 3 heterocycles. The number of aryl methyl sites for hydroxylation is 6. The Morgan fingerprint density at radius 1 is 0.237 bits per heavy atom. The van der Waals surface area contributed by atoms with Crippen LogP contribution in [0.1, 0.15) is 33.4 Å². The monoisotopic (exact) mass is 1170 g/mol. The number of imidazole rings is 3. The van der Waals surface area contributed by atoms with Gasteiger partial charge in [-0.05, 0) is 145 Å². The summed E-state index contributed by atoms with van der Waals surface area (Å²) in [5.74, 6) is 2.91. The first-order valence-electron chi connectivity index (χ1n) is 25.5. The zero-order chi connectivity index (χ0) is 51.7. The Morgan fingerprint density at radius 3 is 0.618 bits per heavy atom. The number of hydrogen-bond donors (Lipinski definition) is 0. The molecular formula is C69H60IrN6. The van der Waals surface area contributed by atoms with Crippen molar-refractivity contribution >= 4 is 0 Å². The van der Waals surface area contributed by atoms with Crippen molar-refractivity contribution in [1.82, 2.24) is 28.7 Å². The van der Waals surface area contributed by atoms with Crippen LogP contribution >= 0.6 is 0 Å². The van der Waals surface area contributed by atoms with Crippen LogP contribution in [-0.4, -0.2) is 28.7 Å². The van der Waals surface area contributed by atoms with Gasteiger partial charge in [0.05, 0.1) is 17.1 Å². The van der Waals surface area contributed by atoms with Crippen LogP contribution in [-0.2, 0) is 20.1 Å². The van der Waals surface area contributed by atoms with Gasteiger partial charge in [-0.3, -0.25) is 13.7 Å². The SMILES string of the molecule is Cc1cc(-c2ccccc2)cc(C)c1-n1ccnc1-c1ccccc1.Cc1cc(-c2ccccc2)cc(C)c1-n1ccnc1-c1ccccc1.Cc1cc(-c2ccccc2)cc(C)c1-n1ccnc1-c1ccccc1.[Ir]. The molecule has 0 aliphatic rings. The van der Waals surface area contributed by atoms with Crippen LogP contribution in [0.3, 0.4) is 0 Å². The fraction of sp³-hybridized carbons (Fsp3) is 0.0870. The Kier molecular flexibility index (Phi) is 16.5. The van der Waals surface area contributed by atoms with Gasteiger partial charge in [0.1, 0.15) is 17.5 Å². The summed E-state index contributed by atoms with van der Waals surface area (Å²) in [5, 5.41) is 0. The van der Waals surface area contributed by atoms with E-state index < -0.39 is 0 Å². The third-order valence-electron chi connectivity index (χ3n) is 13.5. The molecule has 0 bridgehead atoms. The van der Waals surface area contributed by atoms with Gasteiger partial charge in [-0.2, -0.15) is 0 Å². The molecule has 0 fully saturated rings. The molecule has 0 saturated carbocycles. The molecule has 0 saturated heterocycles. The maximum absolute atomic E-state index is 4.59. The maximum atomic E-state index is 4.59. The predicted molar refractivity (Wildman–Crippen MR) is 312 cm³/mol. The molecule has 0 spiro atoms. The molecule has 12 aromatic rings. The number of nitrogens with zero attached hydrogens (tertiary/aromatic N) is 6. The van der Waals surface area contributed by atoms with Crippen LogP contribution < -0.4 is 0 Å². The van der Waals surface area contributed by atoms with Crippen LogP contribution in [0.15, 0.2) is 256 Å². The minimum atomic E-state index is 0. The van der Waals surface area contributed by atoms with E-state index in [1.165, 1.54) is 83.8 Å². The summed E-state index contributed by atoms with van der Waals surface area (Å²) in [6.07, 6.45) is 11.7. The van der Waals surface area contributed by atoms with Crippen molar-refractivity contribution in [3.05, 3.63) is 289 Å². The van der Waals surface area contributed by atoms with E-state index in [2.05, 4.69) is 234 Å². The Labute approximate surface area is 461 Å². The molecule has 0 atom stereocenters. The molecule has 0 unspecified atom stereocenters. The Bertz CT molecular complexity index is 3340. The van der Waals surface area contributed by atoms with Gasteiger partial charge in [0, 0.05) is 74.0 Å². The van der Waals surface area contributed by atoms with Crippen LogP contribution in [0.5, 0.6) is 0 Å². The van der Waals surface area contributed by atoms with Crippen molar-refractivity contribution in [2.24, 2.45) is 0 Å². The summed E-state index contributed by atoms with van der Waals surface area (Å²) in [4.78, 5) is 13.8. The van der Waals surface area contributed by atoms with Crippen molar-refractivity contribution in [3.8, 4) is 84.6 Å². The number of hydrogen-bond acceptors (Lipinski definition) is 3. The third kappa shape index (κ3) is 11.5. The summed E-state index contributed by atoms with van der Waals surface area (Å²) < 4.78 is 6.57. The summed E-state index contributed by atoms with van der Waals surface area (Å²) in [7, 11) is 0. The van der Waals surface area contributed by atoms with Gasteiger partial charge in [-0.1, -0.05) is 182 Å². The van der Waals surface area contributed by atoms with Crippen molar-refractivity contribution in [2.75, 3.05) is 0 Å². The quantitative estimate of drug-likeness (QED) is 0.145. The molecule has 76 heavy (non-hydrogen) atoms. The van der Waals surface area contributed by atoms with Gasteiger partial charge in [0.15, 0.2) is 0 Å². The van der Waals surface area contributed by atoms with E-state index in [1.807, 2.05) is 91.8 Å². The molecule has 7 heteroatoms. The van der Waals surface area contributed by atoms with Crippen LogP contribution in [0.4, 0.5) is 0 Å². The largest absolute Gasteiger partial charge is 0.299 e. The smallest absolute Gasteiger partial charge is 0.144 e. The zero-order valence-corrected chi connectivity index (χ0v) is 46.2. The van der Waals surface area contributed by atoms with Crippen molar-refractivity contribution < 1.29 is 20.1 Å². The standard InChI is InChI=1S/3C23H20N2.Ir/c3*1-17-15-21(19-9-5-3-6-10-19)16-18(2)22(17)25-14-13-24-23(25)20-11-7-4-8-12-20;/h3*3-16H,1-2H3;. The minimum absolute atomic E-state index is 0. The molecule has 3 aromatic heterocycles. The predicted octanol–water partition coefficient (Wildman–Crippen LogP) is 17.5. The molecule has 0 N–H and O–H groups in total. The van der Waals surface area contributed by atoms with Crippen LogP contribution in [0.2, 0.25) is 0 Å². The number of rotatable bonds is 9. The van der Waals surface area contributed by atoms with E-state index >= 15 is 0 Å². The number of aromatic nitrogens is 6. The fourth-order valence-corrected chi connectivity index (χ4v) is 10.3. The second-order valence-corrected chi connectivity index (χ2v) is 18.9. The summed E-state index contributed by atoms with van der Waals surface area (Å²) in [5.41, 5.74) is 21.9. The fourth-order valence-electron chi connectivity index (χ4n) is 10.3. The molecule has 1 radical (unpaired) electrons. The summed E-state index contributed by atoms with van der Waals surface area (Å²) in [6, 6.07) is 76.1. The zero-order valence-electron chi connectivity index (χ0n) is 43.8. The first-order chi connectivity index (χ1) is 36.7. The second-order valence-electron chi connectivity index (χ2n) is 18.9. The molecule has 0 aliphatic carbocycles. The van der Waals surface area contributed by atoms with Gasteiger partial charge in [0.2, 0.25) is 0 Å². The topological polar surface area (TPSA) is 53.5 Å². The van der Waals surface area contributed by atoms with Gasteiger partial charge < -0.3 is 0 Å². The van der Waals surface area contributed by atoms with Crippen LogP contribution in [0.25, 0.3) is 84.6 Å². The van der Waals surface area contributed by atoms with Crippen LogP contribution in [0, 0.1) is 41.5 Å². The van der Waals surface area contributed by atoms with Gasteiger partial charge in [-0.15, -0.1) is 0 Å². The maximum Gasteiger partial charge on any atom is 0.144 e.